The molecule has 5 nitrogen and oxygen atoms in total. The number of aromatic amines is 1. The summed E-state index contributed by atoms with van der Waals surface area (Å²) in [5, 5.41) is 18.7. The number of hydrogen-bond acceptors (Lipinski definition) is 3. The van der Waals surface area contributed by atoms with Gasteiger partial charge in [-0.3, -0.25) is 4.79 Å². The van der Waals surface area contributed by atoms with Gasteiger partial charge in [-0.25, -0.2) is 4.39 Å². The fourth-order valence-corrected chi connectivity index (χ4v) is 1.77. The first-order valence-corrected chi connectivity index (χ1v) is 5.13. The van der Waals surface area contributed by atoms with Crippen LogP contribution >= 0.6 is 0 Å². The number of fused-ring (bicyclic) bond motifs is 1. The Balaban J connectivity index is 2.59. The average molecular weight is 250 g/mol. The molecule has 94 valence electrons. The third kappa shape index (κ3) is 1.93. The lowest BCUT2D eigenvalue weighted by Crippen LogP contribution is -2.31. The molecule has 0 unspecified atom stereocenters. The van der Waals surface area contributed by atoms with Crippen LogP contribution in [0.25, 0.3) is 16.5 Å². The van der Waals surface area contributed by atoms with Crippen molar-refractivity contribution < 1.29 is 19.4 Å². The summed E-state index contributed by atoms with van der Waals surface area (Å²) in [6.07, 6.45) is 1.63. The average Bonchev–Trinajstić information content (AvgIpc) is 2.73. The smallest absolute Gasteiger partial charge is 0.325 e. The van der Waals surface area contributed by atoms with Crippen LogP contribution in [-0.2, 0) is 4.79 Å². The van der Waals surface area contributed by atoms with Gasteiger partial charge in [0.2, 0.25) is 0 Å². The highest BCUT2D eigenvalue weighted by Crippen LogP contribution is 2.29. The number of phenolic OH excluding ortho intramolecular Hbond substituents is 1. The summed E-state index contributed by atoms with van der Waals surface area (Å²) < 4.78 is 12.9. The molecule has 2 aromatic rings. The number of aliphatic carboxylic acids is 1. The maximum absolute atomic E-state index is 12.9. The van der Waals surface area contributed by atoms with E-state index in [0.29, 0.717) is 16.5 Å². The van der Waals surface area contributed by atoms with Crippen LogP contribution in [0.15, 0.2) is 30.7 Å². The first-order valence-electron chi connectivity index (χ1n) is 5.13. The van der Waals surface area contributed by atoms with Crippen molar-refractivity contribution in [3.63, 3.8) is 0 Å². The Morgan fingerprint density at radius 1 is 1.50 bits per heavy atom. The molecule has 0 bridgehead atoms. The minimum Gasteiger partial charge on any atom is -0.508 e. The van der Waals surface area contributed by atoms with Crippen LogP contribution in [-0.4, -0.2) is 27.2 Å². The Bertz CT molecular complexity index is 633. The zero-order chi connectivity index (χ0) is 13.3. The van der Waals surface area contributed by atoms with Gasteiger partial charge in [0.15, 0.2) is 0 Å². The topological polar surface area (TPSA) is 99.3 Å². The van der Waals surface area contributed by atoms with E-state index in [0.717, 1.165) is 0 Å². The molecule has 0 fully saturated rings. The predicted molar refractivity (Wildman–Crippen MR) is 64.7 cm³/mol. The van der Waals surface area contributed by atoms with Gasteiger partial charge in [0, 0.05) is 28.2 Å². The maximum atomic E-state index is 12.9. The molecule has 2 rings (SSSR count). The van der Waals surface area contributed by atoms with Gasteiger partial charge < -0.3 is 20.9 Å². The second-order valence-electron chi connectivity index (χ2n) is 3.81. The Morgan fingerprint density at radius 2 is 2.22 bits per heavy atom. The molecule has 0 aliphatic rings. The summed E-state index contributed by atoms with van der Waals surface area (Å²) in [5.74, 6) is -1.32. The summed E-state index contributed by atoms with van der Waals surface area (Å²) in [5.41, 5.74) is 6.22. The summed E-state index contributed by atoms with van der Waals surface area (Å²) in [6.45, 7) is 0. The van der Waals surface area contributed by atoms with E-state index in [1.165, 1.54) is 18.3 Å². The Hall–Kier alpha value is -2.34. The van der Waals surface area contributed by atoms with Gasteiger partial charge in [0.05, 0.1) is 6.33 Å². The largest absolute Gasteiger partial charge is 0.508 e. The summed E-state index contributed by atoms with van der Waals surface area (Å²) in [4.78, 5) is 13.7. The van der Waals surface area contributed by atoms with Crippen LogP contribution in [0.1, 0.15) is 5.56 Å². The number of nitrogens with two attached hydrogens (primary N) is 1. The summed E-state index contributed by atoms with van der Waals surface area (Å²) >= 11 is 0. The van der Waals surface area contributed by atoms with Crippen molar-refractivity contribution in [3.8, 4) is 5.75 Å². The van der Waals surface area contributed by atoms with Crippen molar-refractivity contribution >= 4 is 22.4 Å². The lowest BCUT2D eigenvalue weighted by atomic mass is 10.00. The number of carbonyl (C=O) groups is 1. The van der Waals surface area contributed by atoms with E-state index in [9.17, 15) is 14.3 Å². The van der Waals surface area contributed by atoms with Crippen LogP contribution in [0, 0.1) is 0 Å². The number of nitrogens with one attached hydrogen (secondary N) is 1. The van der Waals surface area contributed by atoms with Gasteiger partial charge in [-0.1, -0.05) is 0 Å². The van der Waals surface area contributed by atoms with E-state index in [2.05, 4.69) is 4.98 Å². The third-order valence-electron chi connectivity index (χ3n) is 2.69. The minimum atomic E-state index is -1.46. The van der Waals surface area contributed by atoms with Gasteiger partial charge in [-0.2, -0.15) is 0 Å². The van der Waals surface area contributed by atoms with Crippen molar-refractivity contribution in [1.82, 2.24) is 4.98 Å². The number of carboxylic acids is 1. The predicted octanol–water partition coefficient (Wildman–Crippen LogP) is 1.60. The van der Waals surface area contributed by atoms with Gasteiger partial charge in [-0.15, -0.1) is 0 Å². The lowest BCUT2D eigenvalue weighted by molar-refractivity contribution is -0.137. The van der Waals surface area contributed by atoms with Crippen LogP contribution in [0.2, 0.25) is 0 Å². The Kier molecular flexibility index (Phi) is 3.03. The molecule has 1 aromatic heterocycles. The molecule has 1 heterocycles. The number of H-pyrrole nitrogens is 1. The number of carboxylic acid groups (broad SMARTS) is 1. The Morgan fingerprint density at radius 3 is 2.83 bits per heavy atom. The first-order chi connectivity index (χ1) is 8.54. The molecule has 0 amide bonds. The van der Waals surface area contributed by atoms with E-state index in [-0.39, 0.29) is 17.7 Å². The van der Waals surface area contributed by atoms with Crippen LogP contribution in [0.4, 0.5) is 4.39 Å². The SMILES string of the molecule is N[C@H](C(=O)O)C(=CF)c1c[nH]c2ccc(O)cc12. The highest BCUT2D eigenvalue weighted by atomic mass is 19.1. The third-order valence-corrected chi connectivity index (χ3v) is 2.69. The monoisotopic (exact) mass is 250 g/mol. The number of aromatic hydroxyl groups is 1. The van der Waals surface area contributed by atoms with Gasteiger partial charge >= 0.3 is 5.97 Å². The lowest BCUT2D eigenvalue weighted by Gasteiger charge is -2.09. The van der Waals surface area contributed by atoms with Crippen molar-refractivity contribution in [1.29, 1.82) is 0 Å². The van der Waals surface area contributed by atoms with E-state index >= 15 is 0 Å². The molecule has 5 N–H and O–H groups in total. The molecule has 0 saturated carbocycles. The summed E-state index contributed by atoms with van der Waals surface area (Å²) in [6, 6.07) is 3.03. The van der Waals surface area contributed by atoms with E-state index < -0.39 is 12.0 Å². The normalized spacial score (nSPS) is 13.8. The Labute approximate surface area is 101 Å². The molecule has 1 atom stereocenters. The quantitative estimate of drug-likeness (QED) is 0.664. The second-order valence-corrected chi connectivity index (χ2v) is 3.81. The highest BCUT2D eigenvalue weighted by molar-refractivity contribution is 5.99. The van der Waals surface area contributed by atoms with Gasteiger partial charge in [0.1, 0.15) is 11.8 Å². The molecule has 0 aliphatic carbocycles. The maximum Gasteiger partial charge on any atom is 0.325 e. The number of rotatable bonds is 3. The van der Waals surface area contributed by atoms with E-state index in [1.54, 1.807) is 6.07 Å². The highest BCUT2D eigenvalue weighted by Gasteiger charge is 2.21. The van der Waals surface area contributed by atoms with Crippen molar-refractivity contribution in [2.24, 2.45) is 5.73 Å². The number of benzene rings is 1. The molecule has 1 aromatic carbocycles. The standard InChI is InChI=1S/C12H11FN2O3/c13-4-8(11(14)12(17)18)9-5-15-10-2-1-6(16)3-7(9)10/h1-5,11,15-16H,14H2,(H,17,18)/t11-/m0/s1. The molecule has 18 heavy (non-hydrogen) atoms. The summed E-state index contributed by atoms with van der Waals surface area (Å²) in [7, 11) is 0. The number of aromatic nitrogens is 1. The van der Waals surface area contributed by atoms with E-state index in [1.807, 2.05) is 0 Å². The molecule has 0 saturated heterocycles. The number of halogens is 1. The van der Waals surface area contributed by atoms with Crippen molar-refractivity contribution in [2.45, 2.75) is 6.04 Å². The molecule has 0 aliphatic heterocycles. The van der Waals surface area contributed by atoms with Crippen LogP contribution in [0.3, 0.4) is 0 Å². The van der Waals surface area contributed by atoms with E-state index in [4.69, 9.17) is 10.8 Å². The zero-order valence-corrected chi connectivity index (χ0v) is 9.22. The minimum absolute atomic E-state index is 0.00505. The van der Waals surface area contributed by atoms with Crippen LogP contribution < -0.4 is 5.73 Å². The molecule has 6 heteroatoms. The number of hydrogen-bond donors (Lipinski definition) is 4. The van der Waals surface area contributed by atoms with Crippen LogP contribution in [0.5, 0.6) is 5.75 Å². The molecular formula is C12H11FN2O3. The fraction of sp³-hybridized carbons (Fsp3) is 0.0833. The molecular weight excluding hydrogens is 239 g/mol. The van der Waals surface area contributed by atoms with Crippen molar-refractivity contribution in [3.05, 3.63) is 36.3 Å². The van der Waals surface area contributed by atoms with Gasteiger partial charge in [0.25, 0.3) is 0 Å². The van der Waals surface area contributed by atoms with Crippen molar-refractivity contribution in [2.75, 3.05) is 0 Å². The first kappa shape index (κ1) is 12.1. The molecule has 0 radical (unpaired) electrons. The zero-order valence-electron chi connectivity index (χ0n) is 9.22. The second kappa shape index (κ2) is 4.50. The number of phenols is 1. The molecule has 0 spiro atoms. The van der Waals surface area contributed by atoms with Gasteiger partial charge in [-0.05, 0) is 18.2 Å². The fourth-order valence-electron chi connectivity index (χ4n) is 1.77.